The molecule has 0 atom stereocenters. The maximum absolute atomic E-state index is 11.4. The maximum Gasteiger partial charge on any atom is 0.337 e. The highest BCUT2D eigenvalue weighted by molar-refractivity contribution is 7.07. The first kappa shape index (κ1) is 16.4. The smallest absolute Gasteiger partial charge is 0.337 e. The fourth-order valence-electron chi connectivity index (χ4n) is 2.29. The predicted octanol–water partition coefficient (Wildman–Crippen LogP) is 3.22. The molecule has 3 aromatic rings. The molecule has 0 saturated heterocycles. The van der Waals surface area contributed by atoms with Crippen molar-refractivity contribution in [2.24, 2.45) is 0 Å². The summed E-state index contributed by atoms with van der Waals surface area (Å²) in [4.78, 5) is 18.0. The zero-order valence-corrected chi connectivity index (χ0v) is 14.2. The van der Waals surface area contributed by atoms with Gasteiger partial charge in [-0.1, -0.05) is 17.3 Å². The summed E-state index contributed by atoms with van der Waals surface area (Å²) in [5.41, 5.74) is 2.54. The number of aromatic nitrogens is 2. The Balaban J connectivity index is 1.65. The fraction of sp³-hybridized carbons (Fsp3) is 0.235. The maximum atomic E-state index is 11.4. The molecule has 6 nitrogen and oxygen atoms in total. The first-order valence-electron chi connectivity index (χ1n) is 7.36. The summed E-state index contributed by atoms with van der Waals surface area (Å²) in [6, 6.07) is 9.01. The summed E-state index contributed by atoms with van der Waals surface area (Å²) < 4.78 is 10.00. The third-order valence-corrected chi connectivity index (χ3v) is 4.20. The highest BCUT2D eigenvalue weighted by atomic mass is 32.1. The SMILES string of the molecule is COC(=O)c1ccc(-c2noc(CN(C)Cc3ccsc3)n2)cc1. The molecule has 0 fully saturated rings. The monoisotopic (exact) mass is 343 g/mol. The number of esters is 1. The minimum atomic E-state index is -0.370. The Morgan fingerprint density at radius 1 is 1.25 bits per heavy atom. The summed E-state index contributed by atoms with van der Waals surface area (Å²) in [5, 5.41) is 8.19. The molecular weight excluding hydrogens is 326 g/mol. The van der Waals surface area contributed by atoms with E-state index in [2.05, 4.69) is 36.6 Å². The minimum Gasteiger partial charge on any atom is -0.465 e. The number of ether oxygens (including phenoxy) is 1. The van der Waals surface area contributed by atoms with Crippen molar-refractivity contribution in [1.29, 1.82) is 0 Å². The number of hydrogen-bond donors (Lipinski definition) is 0. The van der Waals surface area contributed by atoms with Crippen LogP contribution < -0.4 is 0 Å². The van der Waals surface area contributed by atoms with Gasteiger partial charge >= 0.3 is 5.97 Å². The van der Waals surface area contributed by atoms with Crippen molar-refractivity contribution in [2.75, 3.05) is 14.2 Å². The van der Waals surface area contributed by atoms with E-state index in [4.69, 9.17) is 4.52 Å². The molecule has 2 heterocycles. The Hall–Kier alpha value is -2.51. The van der Waals surface area contributed by atoms with Gasteiger partial charge in [-0.15, -0.1) is 0 Å². The lowest BCUT2D eigenvalue weighted by Gasteiger charge is -2.12. The number of thiophene rings is 1. The molecule has 0 aliphatic rings. The Morgan fingerprint density at radius 3 is 2.71 bits per heavy atom. The molecular formula is C17H17N3O3S. The normalized spacial score (nSPS) is 11.0. The summed E-state index contributed by atoms with van der Waals surface area (Å²) in [5.74, 6) is 0.690. The lowest BCUT2D eigenvalue weighted by Crippen LogP contribution is -2.17. The van der Waals surface area contributed by atoms with E-state index in [0.29, 0.717) is 23.8 Å². The van der Waals surface area contributed by atoms with Crippen LogP contribution in [0.15, 0.2) is 45.6 Å². The molecule has 0 spiro atoms. The van der Waals surface area contributed by atoms with Crippen LogP contribution in [-0.4, -0.2) is 35.2 Å². The number of rotatable bonds is 6. The molecule has 0 N–H and O–H groups in total. The second-order valence-electron chi connectivity index (χ2n) is 5.38. The summed E-state index contributed by atoms with van der Waals surface area (Å²) in [6.07, 6.45) is 0. The van der Waals surface area contributed by atoms with Gasteiger partial charge in [0.05, 0.1) is 19.2 Å². The molecule has 7 heteroatoms. The van der Waals surface area contributed by atoms with Gasteiger partial charge in [0.25, 0.3) is 0 Å². The first-order chi connectivity index (χ1) is 11.7. The van der Waals surface area contributed by atoms with Crippen LogP contribution in [0.5, 0.6) is 0 Å². The minimum absolute atomic E-state index is 0.370. The molecule has 2 aromatic heterocycles. The van der Waals surface area contributed by atoms with Crippen molar-refractivity contribution in [3.63, 3.8) is 0 Å². The van der Waals surface area contributed by atoms with E-state index < -0.39 is 0 Å². The molecule has 24 heavy (non-hydrogen) atoms. The van der Waals surface area contributed by atoms with Gasteiger partial charge in [0.2, 0.25) is 11.7 Å². The van der Waals surface area contributed by atoms with Gasteiger partial charge in [0.1, 0.15) is 0 Å². The number of benzene rings is 1. The summed E-state index contributed by atoms with van der Waals surface area (Å²) in [7, 11) is 3.36. The third-order valence-electron chi connectivity index (χ3n) is 3.47. The van der Waals surface area contributed by atoms with Gasteiger partial charge in [-0.2, -0.15) is 16.3 Å². The molecule has 0 bridgehead atoms. The fourth-order valence-corrected chi connectivity index (χ4v) is 2.95. The van der Waals surface area contributed by atoms with E-state index in [1.165, 1.54) is 12.7 Å². The molecule has 0 amide bonds. The largest absolute Gasteiger partial charge is 0.465 e. The molecule has 124 valence electrons. The topological polar surface area (TPSA) is 68.5 Å². The van der Waals surface area contributed by atoms with Crippen LogP contribution in [0.1, 0.15) is 21.8 Å². The van der Waals surface area contributed by atoms with Gasteiger partial charge in [-0.3, -0.25) is 4.90 Å². The quantitative estimate of drug-likeness (QED) is 0.640. The Morgan fingerprint density at radius 2 is 2.04 bits per heavy atom. The number of nitrogens with zero attached hydrogens (tertiary/aromatic N) is 3. The van der Waals surface area contributed by atoms with Crippen molar-refractivity contribution >= 4 is 17.3 Å². The van der Waals surface area contributed by atoms with Gasteiger partial charge in [-0.05, 0) is 41.6 Å². The van der Waals surface area contributed by atoms with Gasteiger partial charge < -0.3 is 9.26 Å². The average Bonchev–Trinajstić information content (AvgIpc) is 3.26. The van der Waals surface area contributed by atoms with E-state index in [0.717, 1.165) is 12.1 Å². The third kappa shape index (κ3) is 3.87. The number of carbonyl (C=O) groups excluding carboxylic acids is 1. The standard InChI is InChI=1S/C17H17N3O3S/c1-20(9-12-7-8-24-11-12)10-15-18-16(19-23-15)13-3-5-14(6-4-13)17(21)22-2/h3-8,11H,9-10H2,1-2H3. The molecule has 3 rings (SSSR count). The van der Waals surface area contributed by atoms with Crippen LogP contribution in [0.4, 0.5) is 0 Å². The summed E-state index contributed by atoms with van der Waals surface area (Å²) in [6.45, 7) is 1.40. The molecule has 0 radical (unpaired) electrons. The van der Waals surface area contributed by atoms with Crippen molar-refractivity contribution in [1.82, 2.24) is 15.0 Å². The zero-order valence-electron chi connectivity index (χ0n) is 13.4. The molecule has 0 aliphatic carbocycles. The van der Waals surface area contributed by atoms with Crippen LogP contribution in [0.2, 0.25) is 0 Å². The highest BCUT2D eigenvalue weighted by Crippen LogP contribution is 2.18. The van der Waals surface area contributed by atoms with Crippen molar-refractivity contribution in [3.05, 3.63) is 58.1 Å². The van der Waals surface area contributed by atoms with Crippen LogP contribution in [0, 0.1) is 0 Å². The van der Waals surface area contributed by atoms with Crippen LogP contribution in [-0.2, 0) is 17.8 Å². The number of methoxy groups -OCH3 is 1. The second-order valence-corrected chi connectivity index (χ2v) is 6.16. The van der Waals surface area contributed by atoms with Crippen molar-refractivity contribution in [2.45, 2.75) is 13.1 Å². The first-order valence-corrected chi connectivity index (χ1v) is 8.31. The van der Waals surface area contributed by atoms with Crippen LogP contribution in [0.25, 0.3) is 11.4 Å². The molecule has 0 aliphatic heterocycles. The van der Waals surface area contributed by atoms with E-state index in [-0.39, 0.29) is 5.97 Å². The van der Waals surface area contributed by atoms with Crippen LogP contribution in [0.3, 0.4) is 0 Å². The molecule has 0 unspecified atom stereocenters. The lowest BCUT2D eigenvalue weighted by molar-refractivity contribution is 0.0601. The molecule has 1 aromatic carbocycles. The van der Waals surface area contributed by atoms with Gasteiger partial charge in [0, 0.05) is 12.1 Å². The van der Waals surface area contributed by atoms with Crippen molar-refractivity contribution in [3.8, 4) is 11.4 Å². The van der Waals surface area contributed by atoms with Crippen LogP contribution >= 0.6 is 11.3 Å². The van der Waals surface area contributed by atoms with Gasteiger partial charge in [-0.25, -0.2) is 4.79 Å². The van der Waals surface area contributed by atoms with Gasteiger partial charge in [0.15, 0.2) is 0 Å². The number of carbonyl (C=O) groups is 1. The predicted molar refractivity (Wildman–Crippen MR) is 90.6 cm³/mol. The van der Waals surface area contributed by atoms with Crippen molar-refractivity contribution < 1.29 is 14.1 Å². The molecule has 0 saturated carbocycles. The Labute approximate surface area is 143 Å². The van der Waals surface area contributed by atoms with E-state index in [9.17, 15) is 4.79 Å². The average molecular weight is 343 g/mol. The van der Waals surface area contributed by atoms with E-state index >= 15 is 0 Å². The second kappa shape index (κ2) is 7.37. The Kier molecular flexibility index (Phi) is 5.02. The lowest BCUT2D eigenvalue weighted by atomic mass is 10.1. The van der Waals surface area contributed by atoms with E-state index in [1.807, 2.05) is 7.05 Å². The highest BCUT2D eigenvalue weighted by Gasteiger charge is 2.12. The number of hydrogen-bond acceptors (Lipinski definition) is 7. The Bertz CT molecular complexity index is 797. The van der Waals surface area contributed by atoms with E-state index in [1.54, 1.807) is 35.6 Å². The zero-order chi connectivity index (χ0) is 16.9. The summed E-state index contributed by atoms with van der Waals surface area (Å²) >= 11 is 1.68.